The Bertz CT molecular complexity index is 688. The number of ether oxygens (including phenoxy) is 2. The first-order valence-corrected chi connectivity index (χ1v) is 8.15. The zero-order valence-corrected chi connectivity index (χ0v) is 14.0. The van der Waals surface area contributed by atoms with Gasteiger partial charge in [0, 0.05) is 11.8 Å². The van der Waals surface area contributed by atoms with Crippen molar-refractivity contribution in [2.75, 3.05) is 13.7 Å². The molecule has 0 amide bonds. The zero-order valence-electron chi connectivity index (χ0n) is 14.0. The summed E-state index contributed by atoms with van der Waals surface area (Å²) in [5.74, 6) is 2.29. The van der Waals surface area contributed by atoms with Crippen LogP contribution >= 0.6 is 0 Å². The largest absolute Gasteiger partial charge is 0.496 e. The number of benzene rings is 1. The minimum atomic E-state index is 0.277. The van der Waals surface area contributed by atoms with Gasteiger partial charge in [-0.15, -0.1) is 0 Å². The standard InChI is InChI=1S/C19H24N2O2/c1-14(2)11-16-13-23-19(20-16)17-8-6-10-21(17)12-15-7-4-5-9-18(15)22-3/h4-10,14,16H,11-13H2,1-3H3/t16-/m1/s1. The van der Waals surface area contributed by atoms with Crippen molar-refractivity contribution >= 4 is 5.90 Å². The van der Waals surface area contributed by atoms with Crippen LogP contribution < -0.4 is 4.74 Å². The van der Waals surface area contributed by atoms with Crippen LogP contribution in [-0.2, 0) is 11.3 Å². The summed E-state index contributed by atoms with van der Waals surface area (Å²) in [7, 11) is 1.70. The van der Waals surface area contributed by atoms with Crippen molar-refractivity contribution in [1.29, 1.82) is 0 Å². The Labute approximate surface area is 137 Å². The molecular formula is C19H24N2O2. The highest BCUT2D eigenvalue weighted by molar-refractivity contribution is 5.93. The lowest BCUT2D eigenvalue weighted by molar-refractivity contribution is 0.300. The topological polar surface area (TPSA) is 35.8 Å². The third-order valence-corrected chi connectivity index (χ3v) is 4.04. The number of para-hydroxylation sites is 1. The van der Waals surface area contributed by atoms with Crippen LogP contribution in [0.25, 0.3) is 0 Å². The number of methoxy groups -OCH3 is 1. The van der Waals surface area contributed by atoms with Gasteiger partial charge in [-0.3, -0.25) is 0 Å². The molecule has 0 N–H and O–H groups in total. The molecule has 2 aromatic rings. The molecule has 23 heavy (non-hydrogen) atoms. The lowest BCUT2D eigenvalue weighted by Gasteiger charge is -2.12. The second-order valence-electron chi connectivity index (χ2n) is 6.36. The van der Waals surface area contributed by atoms with Crippen molar-refractivity contribution in [2.24, 2.45) is 10.9 Å². The molecule has 1 aliphatic heterocycles. The molecule has 0 aliphatic carbocycles. The average Bonchev–Trinajstić information content (AvgIpc) is 3.16. The van der Waals surface area contributed by atoms with Gasteiger partial charge in [0.05, 0.1) is 19.7 Å². The second kappa shape index (κ2) is 6.90. The summed E-state index contributed by atoms with van der Waals surface area (Å²) in [6, 6.07) is 12.5. The lowest BCUT2D eigenvalue weighted by atomic mass is 10.1. The van der Waals surface area contributed by atoms with E-state index in [1.807, 2.05) is 24.3 Å². The van der Waals surface area contributed by atoms with Gasteiger partial charge in [-0.2, -0.15) is 0 Å². The summed E-state index contributed by atoms with van der Waals surface area (Å²) in [4.78, 5) is 4.76. The van der Waals surface area contributed by atoms with Gasteiger partial charge >= 0.3 is 0 Å². The molecule has 1 aromatic heterocycles. The molecule has 0 unspecified atom stereocenters. The van der Waals surface area contributed by atoms with E-state index in [0.29, 0.717) is 12.5 Å². The lowest BCUT2D eigenvalue weighted by Crippen LogP contribution is -2.11. The average molecular weight is 312 g/mol. The van der Waals surface area contributed by atoms with E-state index in [9.17, 15) is 0 Å². The molecule has 4 nitrogen and oxygen atoms in total. The highest BCUT2D eigenvalue weighted by Gasteiger charge is 2.23. The molecule has 1 atom stereocenters. The molecule has 0 fully saturated rings. The van der Waals surface area contributed by atoms with E-state index >= 15 is 0 Å². The third kappa shape index (κ3) is 3.58. The van der Waals surface area contributed by atoms with Gasteiger partial charge < -0.3 is 14.0 Å². The molecule has 4 heteroatoms. The van der Waals surface area contributed by atoms with Gasteiger partial charge in [-0.1, -0.05) is 32.0 Å². The van der Waals surface area contributed by atoms with Crippen LogP contribution in [0.1, 0.15) is 31.5 Å². The number of hydrogen-bond acceptors (Lipinski definition) is 3. The Hall–Kier alpha value is -2.23. The van der Waals surface area contributed by atoms with Crippen LogP contribution in [0.3, 0.4) is 0 Å². The molecule has 0 saturated carbocycles. The van der Waals surface area contributed by atoms with Crippen molar-refractivity contribution in [2.45, 2.75) is 32.9 Å². The summed E-state index contributed by atoms with van der Waals surface area (Å²) in [6.07, 6.45) is 3.13. The first-order valence-electron chi connectivity index (χ1n) is 8.15. The smallest absolute Gasteiger partial charge is 0.233 e. The van der Waals surface area contributed by atoms with Gasteiger partial charge in [0.25, 0.3) is 0 Å². The molecule has 0 saturated heterocycles. The number of aliphatic imine (C=N–C) groups is 1. The molecule has 0 radical (unpaired) electrons. The molecule has 3 rings (SSSR count). The fourth-order valence-electron chi connectivity index (χ4n) is 2.98. The van der Waals surface area contributed by atoms with Crippen LogP contribution in [0.5, 0.6) is 5.75 Å². The van der Waals surface area contributed by atoms with Crippen LogP contribution in [0.2, 0.25) is 0 Å². The van der Waals surface area contributed by atoms with Gasteiger partial charge in [-0.05, 0) is 30.5 Å². The number of rotatable bonds is 6. The number of hydrogen-bond donors (Lipinski definition) is 0. The monoisotopic (exact) mass is 312 g/mol. The fourth-order valence-corrected chi connectivity index (χ4v) is 2.98. The molecule has 0 bridgehead atoms. The molecule has 1 aliphatic rings. The maximum Gasteiger partial charge on any atom is 0.233 e. The molecule has 1 aromatic carbocycles. The summed E-state index contributed by atoms with van der Waals surface area (Å²) < 4.78 is 13.5. The van der Waals surface area contributed by atoms with Crippen molar-refractivity contribution in [3.8, 4) is 5.75 Å². The minimum absolute atomic E-state index is 0.277. The maximum atomic E-state index is 5.84. The first-order chi connectivity index (χ1) is 11.2. The van der Waals surface area contributed by atoms with E-state index < -0.39 is 0 Å². The Kier molecular flexibility index (Phi) is 4.70. The summed E-state index contributed by atoms with van der Waals surface area (Å²) in [6.45, 7) is 5.87. The third-order valence-electron chi connectivity index (χ3n) is 4.04. The van der Waals surface area contributed by atoms with E-state index in [1.165, 1.54) is 0 Å². The van der Waals surface area contributed by atoms with Crippen LogP contribution in [0.15, 0.2) is 47.6 Å². The summed E-state index contributed by atoms with van der Waals surface area (Å²) in [5, 5.41) is 0. The molecular weight excluding hydrogens is 288 g/mol. The molecule has 122 valence electrons. The predicted octanol–water partition coefficient (Wildman–Crippen LogP) is 3.74. The number of aromatic nitrogens is 1. The SMILES string of the molecule is COc1ccccc1Cn1cccc1C1=N[C@H](CC(C)C)CO1. The predicted molar refractivity (Wildman–Crippen MR) is 92.3 cm³/mol. The summed E-state index contributed by atoms with van der Waals surface area (Å²) >= 11 is 0. The van der Waals surface area contributed by atoms with Crippen molar-refractivity contribution in [3.63, 3.8) is 0 Å². The Morgan fingerprint density at radius 1 is 1.26 bits per heavy atom. The van der Waals surface area contributed by atoms with Gasteiger partial charge in [0.1, 0.15) is 18.1 Å². The van der Waals surface area contributed by atoms with E-state index in [0.717, 1.165) is 35.9 Å². The van der Waals surface area contributed by atoms with E-state index in [1.54, 1.807) is 7.11 Å². The highest BCUT2D eigenvalue weighted by atomic mass is 16.5. The minimum Gasteiger partial charge on any atom is -0.496 e. The van der Waals surface area contributed by atoms with Gasteiger partial charge in [0.15, 0.2) is 0 Å². The van der Waals surface area contributed by atoms with E-state index in [2.05, 4.69) is 36.7 Å². The Morgan fingerprint density at radius 2 is 2.09 bits per heavy atom. The van der Waals surface area contributed by atoms with Gasteiger partial charge in [-0.25, -0.2) is 4.99 Å². The zero-order chi connectivity index (χ0) is 16.2. The Balaban J connectivity index is 1.80. The van der Waals surface area contributed by atoms with Crippen molar-refractivity contribution in [1.82, 2.24) is 4.57 Å². The highest BCUT2D eigenvalue weighted by Crippen LogP contribution is 2.22. The van der Waals surface area contributed by atoms with Crippen molar-refractivity contribution in [3.05, 3.63) is 53.9 Å². The first kappa shape index (κ1) is 15.7. The van der Waals surface area contributed by atoms with E-state index in [4.69, 9.17) is 14.5 Å². The van der Waals surface area contributed by atoms with Crippen LogP contribution in [0.4, 0.5) is 0 Å². The number of nitrogens with zero attached hydrogens (tertiary/aromatic N) is 2. The van der Waals surface area contributed by atoms with Gasteiger partial charge in [0.2, 0.25) is 5.90 Å². The normalized spacial score (nSPS) is 17.2. The molecule has 2 heterocycles. The summed E-state index contributed by atoms with van der Waals surface area (Å²) in [5.41, 5.74) is 2.17. The molecule has 0 spiro atoms. The quantitative estimate of drug-likeness (QED) is 0.814. The second-order valence-corrected chi connectivity index (χ2v) is 6.36. The van der Waals surface area contributed by atoms with E-state index in [-0.39, 0.29) is 6.04 Å². The maximum absolute atomic E-state index is 5.84. The fraction of sp³-hybridized carbons (Fsp3) is 0.421. The van der Waals surface area contributed by atoms with Crippen molar-refractivity contribution < 1.29 is 9.47 Å². The van der Waals surface area contributed by atoms with Crippen LogP contribution in [0, 0.1) is 5.92 Å². The van der Waals surface area contributed by atoms with Crippen LogP contribution in [-0.4, -0.2) is 30.2 Å². The Morgan fingerprint density at radius 3 is 2.87 bits per heavy atom.